The third kappa shape index (κ3) is 6.58. The molecule has 0 saturated heterocycles. The molecule has 2 N–H and O–H groups in total. The van der Waals surface area contributed by atoms with Crippen LogP contribution in [0.5, 0.6) is 0 Å². The average molecular weight is 447 g/mol. The fraction of sp³-hybridized carbons (Fsp3) is 0.579. The lowest BCUT2D eigenvalue weighted by molar-refractivity contribution is 0.0517. The van der Waals surface area contributed by atoms with Crippen LogP contribution in [-0.2, 0) is 26.1 Å². The van der Waals surface area contributed by atoms with Crippen molar-refractivity contribution in [2.24, 2.45) is 0 Å². The maximum Gasteiger partial charge on any atom is 0.407 e. The van der Waals surface area contributed by atoms with Gasteiger partial charge in [-0.1, -0.05) is 6.07 Å². The number of fused-ring (bicyclic) bond motifs is 1. The second-order valence-electron chi connectivity index (χ2n) is 7.80. The number of alkyl carbamates (subject to hydrolysis) is 1. The van der Waals surface area contributed by atoms with Crippen LogP contribution in [0.1, 0.15) is 60.3 Å². The van der Waals surface area contributed by atoms with Crippen molar-refractivity contribution in [2.45, 2.75) is 52.4 Å². The van der Waals surface area contributed by atoms with Crippen molar-refractivity contribution in [3.8, 4) is 0 Å². The highest BCUT2D eigenvalue weighted by molar-refractivity contribution is 7.89. The molecular weight excluding hydrogens is 420 g/mol. The molecule has 29 heavy (non-hydrogen) atoms. The topological polar surface area (TPSA) is 111 Å². The minimum atomic E-state index is -3.64. The van der Waals surface area contributed by atoms with Crippen LogP contribution in [0, 0.1) is 6.92 Å². The van der Waals surface area contributed by atoms with Crippen molar-refractivity contribution in [3.63, 3.8) is 0 Å². The number of hydrogen-bond acceptors (Lipinski definition) is 6. The van der Waals surface area contributed by atoms with Gasteiger partial charge in [0.05, 0.1) is 17.4 Å². The van der Waals surface area contributed by atoms with Gasteiger partial charge < -0.3 is 14.8 Å². The third-order valence-electron chi connectivity index (χ3n) is 4.30. The van der Waals surface area contributed by atoms with Gasteiger partial charge in [0.25, 0.3) is 0 Å². The van der Waals surface area contributed by atoms with E-state index in [-0.39, 0.29) is 24.8 Å². The molecule has 8 nitrogen and oxygen atoms in total. The molecule has 1 unspecified atom stereocenters. The first-order valence-electron chi connectivity index (χ1n) is 9.26. The first kappa shape index (κ1) is 23.4. The molecule has 1 aromatic carbocycles. The van der Waals surface area contributed by atoms with Crippen molar-refractivity contribution >= 4 is 33.7 Å². The highest BCUT2D eigenvalue weighted by Crippen LogP contribution is 2.29. The van der Waals surface area contributed by atoms with Crippen LogP contribution in [0.3, 0.4) is 0 Å². The number of carbonyl (C=O) groups excluding carboxylic acids is 2. The van der Waals surface area contributed by atoms with Crippen LogP contribution >= 0.6 is 11.6 Å². The van der Waals surface area contributed by atoms with Gasteiger partial charge in [0.15, 0.2) is 0 Å². The molecule has 0 aliphatic carbocycles. The van der Waals surface area contributed by atoms with Crippen molar-refractivity contribution in [1.82, 2.24) is 10.0 Å². The van der Waals surface area contributed by atoms with E-state index < -0.39 is 33.7 Å². The zero-order valence-electron chi connectivity index (χ0n) is 17.0. The molecule has 1 heterocycles. The summed E-state index contributed by atoms with van der Waals surface area (Å²) < 4.78 is 37.8. The lowest BCUT2D eigenvalue weighted by Crippen LogP contribution is -2.41. The number of carbonyl (C=O) groups is 2. The first-order valence-corrected chi connectivity index (χ1v) is 11.4. The van der Waals surface area contributed by atoms with Gasteiger partial charge in [0.2, 0.25) is 10.0 Å². The van der Waals surface area contributed by atoms with E-state index in [4.69, 9.17) is 21.1 Å². The number of amides is 1. The maximum atomic E-state index is 12.5. The molecule has 0 fully saturated rings. The Morgan fingerprint density at radius 3 is 2.66 bits per heavy atom. The molecule has 10 heteroatoms. The fourth-order valence-corrected chi connectivity index (χ4v) is 4.56. The maximum absolute atomic E-state index is 12.5. The zero-order chi connectivity index (χ0) is 21.8. The van der Waals surface area contributed by atoms with Crippen LogP contribution in [0.4, 0.5) is 4.79 Å². The Morgan fingerprint density at radius 2 is 2.03 bits per heavy atom. The molecule has 1 aromatic rings. The van der Waals surface area contributed by atoms with E-state index in [1.54, 1.807) is 39.8 Å². The molecule has 162 valence electrons. The number of cyclic esters (lactones) is 1. The normalized spacial score (nSPS) is 14.9. The summed E-state index contributed by atoms with van der Waals surface area (Å²) in [5.74, 6) is -0.315. The monoisotopic (exact) mass is 446 g/mol. The van der Waals surface area contributed by atoms with E-state index in [0.717, 1.165) is 11.1 Å². The quantitative estimate of drug-likeness (QED) is 0.469. The van der Waals surface area contributed by atoms with Gasteiger partial charge in [0, 0.05) is 18.0 Å². The van der Waals surface area contributed by atoms with Crippen LogP contribution in [0.2, 0.25) is 0 Å². The molecular formula is C19H27ClN2O6S. The Labute approximate surface area is 176 Å². The summed E-state index contributed by atoms with van der Waals surface area (Å²) in [5, 5.41) is 2.61. The highest BCUT2D eigenvalue weighted by atomic mass is 35.5. The smallest absolute Gasteiger partial charge is 0.407 e. The molecule has 1 aliphatic heterocycles. The van der Waals surface area contributed by atoms with Crippen molar-refractivity contribution in [2.75, 3.05) is 18.2 Å². The number of benzene rings is 1. The molecule has 0 spiro atoms. The number of alkyl halides is 1. The Morgan fingerprint density at radius 1 is 1.34 bits per heavy atom. The Hall–Kier alpha value is -1.84. The molecule has 1 atom stereocenters. The van der Waals surface area contributed by atoms with E-state index in [1.807, 2.05) is 0 Å². The van der Waals surface area contributed by atoms with Gasteiger partial charge >= 0.3 is 12.1 Å². The highest BCUT2D eigenvalue weighted by Gasteiger charge is 2.28. The molecule has 1 aliphatic rings. The number of rotatable bonds is 8. The summed E-state index contributed by atoms with van der Waals surface area (Å²) >= 11 is 5.62. The lowest BCUT2D eigenvalue weighted by Gasteiger charge is -2.24. The summed E-state index contributed by atoms with van der Waals surface area (Å²) in [6.07, 6.45) is -0.353. The minimum Gasteiger partial charge on any atom is -0.457 e. The van der Waals surface area contributed by atoms with E-state index in [0.29, 0.717) is 17.5 Å². The van der Waals surface area contributed by atoms with Crippen LogP contribution < -0.4 is 10.0 Å². The van der Waals surface area contributed by atoms with Crippen LogP contribution in [0.25, 0.3) is 0 Å². The third-order valence-corrected chi connectivity index (χ3v) is 6.04. The first-order chi connectivity index (χ1) is 13.4. The SMILES string of the molecule is Cc1c(C(CNC(=O)OC(C)(C)C)NS(=O)(=O)CCCCl)ccc2c1COC2=O. The lowest BCUT2D eigenvalue weighted by atomic mass is 9.94. The number of nitrogens with one attached hydrogen (secondary N) is 2. The summed E-state index contributed by atoms with van der Waals surface area (Å²) in [6, 6.07) is 2.54. The van der Waals surface area contributed by atoms with E-state index in [9.17, 15) is 18.0 Å². The van der Waals surface area contributed by atoms with Gasteiger partial charge in [-0.3, -0.25) is 0 Å². The van der Waals surface area contributed by atoms with Crippen molar-refractivity contribution in [3.05, 3.63) is 34.4 Å². The summed E-state index contributed by atoms with van der Waals surface area (Å²) in [7, 11) is -3.64. The molecule has 1 amide bonds. The van der Waals surface area contributed by atoms with Gasteiger partial charge in [-0.2, -0.15) is 0 Å². The van der Waals surface area contributed by atoms with Crippen molar-refractivity contribution < 1.29 is 27.5 Å². The largest absolute Gasteiger partial charge is 0.457 e. The Kier molecular flexibility index (Phi) is 7.53. The zero-order valence-corrected chi connectivity index (χ0v) is 18.6. The predicted octanol–water partition coefficient (Wildman–Crippen LogP) is 2.78. The Bertz CT molecular complexity index is 879. The molecule has 0 saturated carbocycles. The second-order valence-corrected chi connectivity index (χ2v) is 10.0. The van der Waals surface area contributed by atoms with Gasteiger partial charge in [0.1, 0.15) is 12.2 Å². The number of halogens is 1. The fourth-order valence-electron chi connectivity index (χ4n) is 2.98. The average Bonchev–Trinajstić information content (AvgIpc) is 2.98. The minimum absolute atomic E-state index is 0.0244. The number of sulfonamides is 1. The van der Waals surface area contributed by atoms with Gasteiger partial charge in [-0.25, -0.2) is 22.7 Å². The number of ether oxygens (including phenoxy) is 2. The molecule has 0 aromatic heterocycles. The Balaban J connectivity index is 2.28. The van der Waals surface area contributed by atoms with Crippen LogP contribution in [0.15, 0.2) is 12.1 Å². The number of esters is 1. The number of hydrogen-bond donors (Lipinski definition) is 2. The van der Waals surface area contributed by atoms with E-state index in [1.165, 1.54) is 0 Å². The van der Waals surface area contributed by atoms with Gasteiger partial charge in [-0.05, 0) is 51.3 Å². The van der Waals surface area contributed by atoms with Crippen LogP contribution in [-0.4, -0.2) is 44.3 Å². The van der Waals surface area contributed by atoms with Gasteiger partial charge in [-0.15, -0.1) is 11.6 Å². The standard InChI is InChI=1S/C19H27ClN2O6S/c1-12-13(6-7-14-15(12)11-27-17(14)23)16(22-29(25,26)9-5-8-20)10-21-18(24)28-19(2,3)4/h6-7,16,22H,5,8-11H2,1-4H3,(H,21,24). The second kappa shape index (κ2) is 9.32. The van der Waals surface area contributed by atoms with E-state index in [2.05, 4.69) is 10.0 Å². The molecule has 0 bridgehead atoms. The van der Waals surface area contributed by atoms with Crippen molar-refractivity contribution in [1.29, 1.82) is 0 Å². The molecule has 2 rings (SSSR count). The summed E-state index contributed by atoms with van der Waals surface area (Å²) in [6.45, 7) is 7.12. The summed E-state index contributed by atoms with van der Waals surface area (Å²) in [5.41, 5.74) is 1.89. The molecule has 0 radical (unpaired) electrons. The summed E-state index contributed by atoms with van der Waals surface area (Å²) in [4.78, 5) is 23.8. The predicted molar refractivity (Wildman–Crippen MR) is 110 cm³/mol. The van der Waals surface area contributed by atoms with E-state index >= 15 is 0 Å².